The summed E-state index contributed by atoms with van der Waals surface area (Å²) in [5.74, 6) is -2.89. The molecule has 3 aromatic carbocycles. The molecule has 0 saturated heterocycles. The second-order valence-electron chi connectivity index (χ2n) is 6.96. The number of amides is 3. The first-order valence-corrected chi connectivity index (χ1v) is 9.17. The van der Waals surface area contributed by atoms with Crippen molar-refractivity contribution >= 4 is 39.9 Å². The molecule has 150 valence electrons. The van der Waals surface area contributed by atoms with Crippen molar-refractivity contribution in [1.82, 2.24) is 5.43 Å². The maximum absolute atomic E-state index is 12.6. The fourth-order valence-corrected chi connectivity index (χ4v) is 3.47. The molecule has 1 aliphatic rings. The van der Waals surface area contributed by atoms with Gasteiger partial charge in [-0.1, -0.05) is 54.6 Å². The fraction of sp³-hybridized carbons (Fsp3) is 0.0909. The van der Waals surface area contributed by atoms with Gasteiger partial charge in [0.2, 0.25) is 0 Å². The lowest BCUT2D eigenvalue weighted by molar-refractivity contribution is -0.137. The van der Waals surface area contributed by atoms with Crippen molar-refractivity contribution in [2.45, 2.75) is 12.0 Å². The number of hydrogen-bond acceptors (Lipinski definition) is 5. The van der Waals surface area contributed by atoms with Gasteiger partial charge >= 0.3 is 11.8 Å². The molecule has 1 aliphatic heterocycles. The van der Waals surface area contributed by atoms with Crippen molar-refractivity contribution in [3.8, 4) is 0 Å². The fourth-order valence-electron chi connectivity index (χ4n) is 3.47. The van der Waals surface area contributed by atoms with Gasteiger partial charge in [-0.25, -0.2) is 5.43 Å². The predicted octanol–water partition coefficient (Wildman–Crippen LogP) is 1.38. The average Bonchev–Trinajstić information content (AvgIpc) is 3.00. The third-order valence-corrected chi connectivity index (χ3v) is 5.02. The molecule has 0 unspecified atom stereocenters. The van der Waals surface area contributed by atoms with Gasteiger partial charge in [-0.2, -0.15) is 5.10 Å². The minimum absolute atomic E-state index is 0.213. The van der Waals surface area contributed by atoms with Crippen molar-refractivity contribution in [2.75, 3.05) is 5.32 Å². The minimum Gasteiger partial charge on any atom is -0.375 e. The van der Waals surface area contributed by atoms with E-state index in [1.165, 1.54) is 0 Å². The number of primary amides is 1. The Morgan fingerprint density at radius 2 is 1.73 bits per heavy atom. The lowest BCUT2D eigenvalue weighted by Gasteiger charge is -2.22. The van der Waals surface area contributed by atoms with Crippen LogP contribution in [0.15, 0.2) is 71.8 Å². The van der Waals surface area contributed by atoms with E-state index < -0.39 is 23.3 Å². The summed E-state index contributed by atoms with van der Waals surface area (Å²) in [5, 5.41) is 19.8. The molecule has 0 spiro atoms. The third-order valence-electron chi connectivity index (χ3n) is 5.02. The topological polar surface area (TPSA) is 134 Å². The number of carbonyl (C=O) groups is 3. The monoisotopic (exact) mass is 402 g/mol. The standard InChI is InChI=1S/C22H18N4O4/c23-19(27)20(28)26-25-18(15-10-9-13-5-1-2-6-14(13)11-15)12-22(30)16-7-3-4-8-17(16)24-21(22)29/h1-11,30H,12H2,(H2,23,27)(H,24,29)(H,26,28)/b25-18+/t22-/m1/s1. The van der Waals surface area contributed by atoms with Crippen molar-refractivity contribution in [3.05, 3.63) is 77.9 Å². The molecule has 3 amide bonds. The molecule has 8 heteroatoms. The highest BCUT2D eigenvalue weighted by molar-refractivity contribution is 6.34. The van der Waals surface area contributed by atoms with Crippen LogP contribution >= 0.6 is 0 Å². The number of nitrogens with zero attached hydrogens (tertiary/aromatic N) is 1. The Labute approximate surface area is 171 Å². The Morgan fingerprint density at radius 1 is 1.03 bits per heavy atom. The molecular formula is C22H18N4O4. The minimum atomic E-state index is -1.89. The van der Waals surface area contributed by atoms with Crippen LogP contribution in [0, 0.1) is 0 Å². The molecule has 0 bridgehead atoms. The summed E-state index contributed by atoms with van der Waals surface area (Å²) >= 11 is 0. The molecule has 0 saturated carbocycles. The highest BCUT2D eigenvalue weighted by atomic mass is 16.3. The third kappa shape index (κ3) is 3.40. The molecule has 0 fully saturated rings. The van der Waals surface area contributed by atoms with Crippen LogP contribution in [0.3, 0.4) is 0 Å². The van der Waals surface area contributed by atoms with Crippen LogP contribution in [-0.2, 0) is 20.0 Å². The van der Waals surface area contributed by atoms with Gasteiger partial charge in [-0.3, -0.25) is 14.4 Å². The molecule has 0 aromatic heterocycles. The highest BCUT2D eigenvalue weighted by Gasteiger charge is 2.46. The van der Waals surface area contributed by atoms with Crippen LogP contribution in [0.5, 0.6) is 0 Å². The van der Waals surface area contributed by atoms with E-state index in [-0.39, 0.29) is 12.1 Å². The number of nitrogens with one attached hydrogen (secondary N) is 2. The smallest absolute Gasteiger partial charge is 0.329 e. The Balaban J connectivity index is 1.77. The molecular weight excluding hydrogens is 384 g/mol. The number of rotatable bonds is 4. The molecule has 8 nitrogen and oxygen atoms in total. The average molecular weight is 402 g/mol. The zero-order chi connectivity index (χ0) is 21.3. The molecule has 1 heterocycles. The molecule has 0 aliphatic carbocycles. The van der Waals surface area contributed by atoms with Gasteiger partial charge in [-0.15, -0.1) is 0 Å². The van der Waals surface area contributed by atoms with Gasteiger partial charge < -0.3 is 16.2 Å². The van der Waals surface area contributed by atoms with Crippen LogP contribution in [0.25, 0.3) is 10.8 Å². The van der Waals surface area contributed by atoms with E-state index in [1.807, 2.05) is 36.4 Å². The van der Waals surface area contributed by atoms with Crippen molar-refractivity contribution in [1.29, 1.82) is 0 Å². The van der Waals surface area contributed by atoms with Crippen molar-refractivity contribution in [2.24, 2.45) is 10.8 Å². The van der Waals surface area contributed by atoms with Crippen LogP contribution in [-0.4, -0.2) is 28.5 Å². The van der Waals surface area contributed by atoms with Gasteiger partial charge in [0, 0.05) is 17.7 Å². The van der Waals surface area contributed by atoms with Gasteiger partial charge in [0.15, 0.2) is 5.60 Å². The maximum Gasteiger partial charge on any atom is 0.329 e. The number of fused-ring (bicyclic) bond motifs is 2. The second kappa shape index (κ2) is 7.41. The number of anilines is 1. The molecule has 4 rings (SSSR count). The number of aliphatic hydroxyl groups is 1. The molecule has 5 N–H and O–H groups in total. The van der Waals surface area contributed by atoms with Gasteiger partial charge in [0.05, 0.1) is 5.71 Å². The van der Waals surface area contributed by atoms with E-state index in [9.17, 15) is 19.5 Å². The van der Waals surface area contributed by atoms with Crippen molar-refractivity contribution < 1.29 is 19.5 Å². The number of hydrogen-bond donors (Lipinski definition) is 4. The number of hydrazone groups is 1. The molecule has 30 heavy (non-hydrogen) atoms. The van der Waals surface area contributed by atoms with Crippen LogP contribution in [0.4, 0.5) is 5.69 Å². The SMILES string of the molecule is NC(=O)C(=O)N/N=C(\C[C@]1(O)C(=O)Nc2ccccc21)c1ccc2ccccc2c1. The second-order valence-corrected chi connectivity index (χ2v) is 6.96. The summed E-state index contributed by atoms with van der Waals surface area (Å²) in [5.41, 5.74) is 6.87. The largest absolute Gasteiger partial charge is 0.375 e. The predicted molar refractivity (Wildman–Crippen MR) is 111 cm³/mol. The van der Waals surface area contributed by atoms with Gasteiger partial charge in [0.1, 0.15) is 0 Å². The Hall–Kier alpha value is -4.04. The quantitative estimate of drug-likeness (QED) is 0.298. The zero-order valence-electron chi connectivity index (χ0n) is 15.8. The summed E-state index contributed by atoms with van der Waals surface area (Å²) in [6.07, 6.45) is -0.229. The van der Waals surface area contributed by atoms with Crippen LogP contribution < -0.4 is 16.5 Å². The van der Waals surface area contributed by atoms with E-state index >= 15 is 0 Å². The summed E-state index contributed by atoms with van der Waals surface area (Å²) < 4.78 is 0. The number of carbonyl (C=O) groups excluding carboxylic acids is 3. The normalized spacial score (nSPS) is 18.0. The summed E-state index contributed by atoms with van der Waals surface area (Å²) in [4.78, 5) is 35.3. The summed E-state index contributed by atoms with van der Waals surface area (Å²) in [7, 11) is 0. The first kappa shape index (κ1) is 19.3. The number of nitrogens with two attached hydrogens (primary N) is 1. The van der Waals surface area contributed by atoms with Crippen LogP contribution in [0.1, 0.15) is 17.5 Å². The van der Waals surface area contributed by atoms with E-state index in [1.54, 1.807) is 30.3 Å². The zero-order valence-corrected chi connectivity index (χ0v) is 15.8. The number of para-hydroxylation sites is 1. The highest BCUT2D eigenvalue weighted by Crippen LogP contribution is 2.39. The van der Waals surface area contributed by atoms with Gasteiger partial charge in [0.25, 0.3) is 5.91 Å². The van der Waals surface area contributed by atoms with Crippen LogP contribution in [0.2, 0.25) is 0 Å². The summed E-state index contributed by atoms with van der Waals surface area (Å²) in [6.45, 7) is 0. The molecule has 0 radical (unpaired) electrons. The molecule has 3 aromatic rings. The van der Waals surface area contributed by atoms with E-state index in [0.29, 0.717) is 16.8 Å². The first-order chi connectivity index (χ1) is 14.4. The summed E-state index contributed by atoms with van der Waals surface area (Å²) in [6, 6.07) is 19.9. The Morgan fingerprint density at radius 3 is 2.50 bits per heavy atom. The lowest BCUT2D eigenvalue weighted by atomic mass is 9.87. The van der Waals surface area contributed by atoms with Crippen molar-refractivity contribution in [3.63, 3.8) is 0 Å². The molecule has 1 atom stereocenters. The lowest BCUT2D eigenvalue weighted by Crippen LogP contribution is -2.38. The Kier molecular flexibility index (Phi) is 4.77. The van der Waals surface area contributed by atoms with E-state index in [2.05, 4.69) is 15.8 Å². The Bertz CT molecular complexity index is 1220. The number of benzene rings is 3. The van der Waals surface area contributed by atoms with Gasteiger partial charge in [-0.05, 0) is 28.5 Å². The first-order valence-electron chi connectivity index (χ1n) is 9.17. The van der Waals surface area contributed by atoms with E-state index in [0.717, 1.165) is 10.8 Å². The maximum atomic E-state index is 12.6. The van der Waals surface area contributed by atoms with E-state index in [4.69, 9.17) is 5.73 Å².